The molecule has 0 aromatic carbocycles. The number of aryl methyl sites for hydroxylation is 1. The smallest absolute Gasteiger partial charge is 0.317 e. The van der Waals surface area contributed by atoms with Crippen molar-refractivity contribution >= 4 is 28.0 Å². The van der Waals surface area contributed by atoms with Gasteiger partial charge in [-0.1, -0.05) is 6.92 Å². The van der Waals surface area contributed by atoms with Gasteiger partial charge < -0.3 is 15.2 Å². The van der Waals surface area contributed by atoms with Crippen molar-refractivity contribution in [1.82, 2.24) is 30.2 Å². The third-order valence-electron chi connectivity index (χ3n) is 4.80. The van der Waals surface area contributed by atoms with Gasteiger partial charge in [0.15, 0.2) is 5.65 Å². The zero-order valence-corrected chi connectivity index (χ0v) is 14.5. The topological polar surface area (TPSA) is 86.8 Å². The van der Waals surface area contributed by atoms with E-state index in [1.807, 2.05) is 17.9 Å². The summed E-state index contributed by atoms with van der Waals surface area (Å²) in [6, 6.07) is 2.01. The molecule has 4 heterocycles. The molecule has 4 rings (SSSR count). The van der Waals surface area contributed by atoms with Crippen LogP contribution in [0.4, 0.5) is 4.79 Å². The summed E-state index contributed by atoms with van der Waals surface area (Å²) in [7, 11) is 0. The van der Waals surface area contributed by atoms with Crippen molar-refractivity contribution in [3.05, 3.63) is 30.0 Å². The number of nitrogens with zero attached hydrogens (tertiary/aromatic N) is 4. The van der Waals surface area contributed by atoms with Crippen molar-refractivity contribution in [2.75, 3.05) is 19.6 Å². The van der Waals surface area contributed by atoms with Gasteiger partial charge in [0, 0.05) is 48.2 Å². The molecule has 0 bridgehead atoms. The Morgan fingerprint density at radius 2 is 2.32 bits per heavy atom. The summed E-state index contributed by atoms with van der Waals surface area (Å²) >= 11 is 0. The minimum absolute atomic E-state index is 0.0289. The molecule has 1 aliphatic rings. The fraction of sp³-hybridized carbons (Fsp3) is 0.444. The van der Waals surface area contributed by atoms with Crippen molar-refractivity contribution < 1.29 is 4.79 Å². The maximum Gasteiger partial charge on any atom is 0.317 e. The molecular formula is C18H22N6O. The van der Waals surface area contributed by atoms with Gasteiger partial charge in [0.25, 0.3) is 0 Å². The SMILES string of the molecule is CCCNC(=O)N1CCC(c2[nH]c(C)nc3cnc4nccc4c23)C1. The largest absolute Gasteiger partial charge is 0.346 e. The molecule has 2 N–H and O–H groups in total. The summed E-state index contributed by atoms with van der Waals surface area (Å²) in [5.74, 6) is 1.12. The standard InChI is InChI=1S/C18H22N6O/c1-3-6-20-18(25)24-8-5-12(10-24)16-15-13-4-7-19-17(13)21-9-14(15)22-11(2)23-16/h4,7,9,12H,3,5-6,8,10H2,1-2H3,(H,20,25)(H,22,23). The van der Waals surface area contributed by atoms with Gasteiger partial charge in [-0.2, -0.15) is 0 Å². The maximum atomic E-state index is 12.3. The Morgan fingerprint density at radius 1 is 1.44 bits per heavy atom. The zero-order valence-electron chi connectivity index (χ0n) is 14.5. The van der Waals surface area contributed by atoms with Crippen LogP contribution >= 0.6 is 0 Å². The van der Waals surface area contributed by atoms with Gasteiger partial charge in [0.05, 0.1) is 11.7 Å². The lowest BCUT2D eigenvalue weighted by Gasteiger charge is -2.18. The molecule has 0 aliphatic carbocycles. The molecular weight excluding hydrogens is 316 g/mol. The number of aromatic amines is 1. The van der Waals surface area contributed by atoms with E-state index >= 15 is 0 Å². The first kappa shape index (κ1) is 15.8. The molecule has 1 saturated heterocycles. The molecule has 1 atom stereocenters. The molecule has 1 fully saturated rings. The van der Waals surface area contributed by atoms with Gasteiger partial charge in [-0.25, -0.2) is 19.7 Å². The summed E-state index contributed by atoms with van der Waals surface area (Å²) in [4.78, 5) is 30.9. The number of pyridine rings is 1. The maximum absolute atomic E-state index is 12.3. The van der Waals surface area contributed by atoms with Crippen molar-refractivity contribution in [2.24, 2.45) is 0 Å². The summed E-state index contributed by atoms with van der Waals surface area (Å²) in [5.41, 5.74) is 2.75. The highest BCUT2D eigenvalue weighted by atomic mass is 16.2. The van der Waals surface area contributed by atoms with E-state index in [9.17, 15) is 4.79 Å². The molecule has 3 aromatic heterocycles. The van der Waals surface area contributed by atoms with Crippen LogP contribution in [-0.4, -0.2) is 50.5 Å². The van der Waals surface area contributed by atoms with E-state index in [0.29, 0.717) is 6.54 Å². The molecule has 0 spiro atoms. The first-order valence-electron chi connectivity index (χ1n) is 8.80. The van der Waals surface area contributed by atoms with E-state index in [1.165, 1.54) is 0 Å². The number of hydrogen-bond acceptors (Lipinski definition) is 4. The zero-order chi connectivity index (χ0) is 17.4. The van der Waals surface area contributed by atoms with Gasteiger partial charge in [-0.15, -0.1) is 0 Å². The van der Waals surface area contributed by atoms with Gasteiger partial charge in [-0.05, 0) is 25.8 Å². The van der Waals surface area contributed by atoms with E-state index in [0.717, 1.165) is 59.4 Å². The molecule has 130 valence electrons. The Hall–Kier alpha value is -2.70. The molecule has 25 heavy (non-hydrogen) atoms. The number of rotatable bonds is 3. The van der Waals surface area contributed by atoms with Crippen LogP contribution < -0.4 is 5.32 Å². The molecule has 1 aliphatic heterocycles. The molecule has 3 aromatic rings. The van der Waals surface area contributed by atoms with Crippen LogP contribution in [0.1, 0.15) is 37.2 Å². The van der Waals surface area contributed by atoms with Crippen LogP contribution in [0.2, 0.25) is 0 Å². The van der Waals surface area contributed by atoms with Crippen LogP contribution in [-0.2, 0) is 0 Å². The summed E-state index contributed by atoms with van der Waals surface area (Å²) in [5, 5.41) is 5.06. The second kappa shape index (κ2) is 6.31. The Balaban J connectivity index is 1.72. The minimum atomic E-state index is 0.0289. The van der Waals surface area contributed by atoms with Crippen LogP contribution in [0.5, 0.6) is 0 Å². The normalized spacial score (nSPS) is 17.5. The monoisotopic (exact) mass is 338 g/mol. The predicted molar refractivity (Wildman–Crippen MR) is 96.5 cm³/mol. The molecule has 7 heteroatoms. The number of hydrogen-bond donors (Lipinski definition) is 2. The number of carbonyl (C=O) groups excluding carboxylic acids is 1. The number of carbonyl (C=O) groups is 1. The van der Waals surface area contributed by atoms with E-state index in [1.54, 1.807) is 12.4 Å². The quantitative estimate of drug-likeness (QED) is 0.769. The third-order valence-corrected chi connectivity index (χ3v) is 4.80. The second-order valence-electron chi connectivity index (χ2n) is 6.60. The lowest BCUT2D eigenvalue weighted by Crippen LogP contribution is -2.38. The minimum Gasteiger partial charge on any atom is -0.346 e. The highest BCUT2D eigenvalue weighted by Gasteiger charge is 2.29. The third kappa shape index (κ3) is 2.79. The van der Waals surface area contributed by atoms with E-state index < -0.39 is 0 Å². The average molecular weight is 338 g/mol. The van der Waals surface area contributed by atoms with Crippen molar-refractivity contribution in [2.45, 2.75) is 32.6 Å². The van der Waals surface area contributed by atoms with Crippen LogP contribution in [0.15, 0.2) is 18.5 Å². The first-order valence-corrected chi connectivity index (χ1v) is 8.80. The Morgan fingerprint density at radius 3 is 3.16 bits per heavy atom. The van der Waals surface area contributed by atoms with Gasteiger partial charge >= 0.3 is 6.03 Å². The Bertz CT molecular complexity index is 934. The average Bonchev–Trinajstić information content (AvgIpc) is 3.27. The number of aromatic nitrogens is 4. The fourth-order valence-corrected chi connectivity index (χ4v) is 3.61. The number of amides is 2. The molecule has 0 radical (unpaired) electrons. The number of fused-ring (bicyclic) bond motifs is 3. The number of urea groups is 1. The van der Waals surface area contributed by atoms with E-state index in [4.69, 9.17) is 0 Å². The van der Waals surface area contributed by atoms with Crippen LogP contribution in [0.3, 0.4) is 0 Å². The van der Waals surface area contributed by atoms with Crippen molar-refractivity contribution in [3.8, 4) is 0 Å². The summed E-state index contributed by atoms with van der Waals surface area (Å²) in [6.45, 7) is 6.21. The molecule has 2 amide bonds. The summed E-state index contributed by atoms with van der Waals surface area (Å²) in [6.07, 6.45) is 5.45. The fourth-order valence-electron chi connectivity index (χ4n) is 3.61. The number of nitrogens with one attached hydrogen (secondary N) is 2. The Kier molecular flexibility index (Phi) is 3.99. The number of H-pyrrole nitrogens is 1. The molecule has 7 nitrogen and oxygen atoms in total. The van der Waals surface area contributed by atoms with Crippen molar-refractivity contribution in [3.63, 3.8) is 0 Å². The Labute approximate surface area is 145 Å². The summed E-state index contributed by atoms with van der Waals surface area (Å²) < 4.78 is 0. The first-order chi connectivity index (χ1) is 12.2. The predicted octanol–water partition coefficient (Wildman–Crippen LogP) is 2.72. The molecule has 0 saturated carbocycles. The van der Waals surface area contributed by atoms with Gasteiger partial charge in [0.2, 0.25) is 0 Å². The molecule has 1 unspecified atom stereocenters. The van der Waals surface area contributed by atoms with E-state index in [-0.39, 0.29) is 11.9 Å². The lowest BCUT2D eigenvalue weighted by atomic mass is 9.99. The van der Waals surface area contributed by atoms with Crippen LogP contribution in [0, 0.1) is 6.92 Å². The highest BCUT2D eigenvalue weighted by molar-refractivity contribution is 6.04. The highest BCUT2D eigenvalue weighted by Crippen LogP contribution is 2.33. The second-order valence-corrected chi connectivity index (χ2v) is 6.60. The van der Waals surface area contributed by atoms with E-state index in [2.05, 4.69) is 32.2 Å². The van der Waals surface area contributed by atoms with Gasteiger partial charge in [0.1, 0.15) is 5.82 Å². The lowest BCUT2D eigenvalue weighted by molar-refractivity contribution is 0.208. The van der Waals surface area contributed by atoms with Gasteiger partial charge in [-0.3, -0.25) is 0 Å². The van der Waals surface area contributed by atoms with Crippen LogP contribution in [0.25, 0.3) is 21.9 Å². The number of likely N-dealkylation sites (tertiary alicyclic amines) is 1. The van der Waals surface area contributed by atoms with Crippen molar-refractivity contribution in [1.29, 1.82) is 0 Å².